The van der Waals surface area contributed by atoms with Crippen molar-refractivity contribution in [2.24, 2.45) is 4.99 Å². The molecule has 2 rings (SSSR count). The normalized spacial score (nSPS) is 17.2. The van der Waals surface area contributed by atoms with Crippen molar-refractivity contribution >= 4 is 6.08 Å². The maximum absolute atomic E-state index is 13.9. The molecule has 1 aliphatic rings. The smallest absolute Gasteiger partial charge is 0.211 e. The van der Waals surface area contributed by atoms with Gasteiger partial charge in [0.1, 0.15) is 5.54 Å². The maximum atomic E-state index is 13.9. The first-order valence-corrected chi connectivity index (χ1v) is 6.08. The highest BCUT2D eigenvalue weighted by atomic mass is 19.2. The number of isocyanates is 1. The van der Waals surface area contributed by atoms with Crippen molar-refractivity contribution in [3.63, 3.8) is 0 Å². The number of hydrogen-bond acceptors (Lipinski definition) is 2. The summed E-state index contributed by atoms with van der Waals surface area (Å²) in [5, 5.41) is 0. The molecule has 1 aromatic carbocycles. The Kier molecular flexibility index (Phi) is 3.31. The number of hydrogen-bond donors (Lipinski definition) is 0. The Hall–Kier alpha value is -1.54. The van der Waals surface area contributed by atoms with Gasteiger partial charge in [-0.15, -0.1) is 0 Å². The molecule has 0 heterocycles. The summed E-state index contributed by atoms with van der Waals surface area (Å²) in [5.41, 5.74) is 0.0227. The van der Waals surface area contributed by atoms with E-state index in [1.807, 2.05) is 13.8 Å². The van der Waals surface area contributed by atoms with Crippen LogP contribution in [0.1, 0.15) is 50.2 Å². The molecule has 96 valence electrons. The molecular formula is C14H15F2NO. The zero-order chi connectivity index (χ0) is 13.3. The maximum Gasteiger partial charge on any atom is 0.235 e. The van der Waals surface area contributed by atoms with Crippen LogP contribution in [0.4, 0.5) is 8.78 Å². The second kappa shape index (κ2) is 4.62. The molecule has 0 saturated heterocycles. The highest BCUT2D eigenvalue weighted by Crippen LogP contribution is 2.46. The van der Waals surface area contributed by atoms with Crippen LogP contribution in [0.5, 0.6) is 0 Å². The minimum absolute atomic E-state index is 0.0937. The summed E-state index contributed by atoms with van der Waals surface area (Å²) in [4.78, 5) is 14.2. The van der Waals surface area contributed by atoms with Gasteiger partial charge in [0.25, 0.3) is 0 Å². The zero-order valence-electron chi connectivity index (χ0n) is 10.5. The molecule has 0 atom stereocenters. The lowest BCUT2D eigenvalue weighted by Gasteiger charge is -2.37. The Morgan fingerprint density at radius 3 is 2.44 bits per heavy atom. The van der Waals surface area contributed by atoms with E-state index in [9.17, 15) is 13.6 Å². The van der Waals surface area contributed by atoms with Gasteiger partial charge in [-0.1, -0.05) is 13.8 Å². The predicted octanol–water partition coefficient (Wildman–Crippen LogP) is 3.80. The molecule has 1 aliphatic carbocycles. The third kappa shape index (κ3) is 1.97. The molecule has 1 fully saturated rings. The molecule has 0 bridgehead atoms. The number of aliphatic imine (C=N–C) groups is 1. The average molecular weight is 251 g/mol. The van der Waals surface area contributed by atoms with Crippen LogP contribution in [0.2, 0.25) is 0 Å². The second-order valence-corrected chi connectivity index (χ2v) is 5.11. The van der Waals surface area contributed by atoms with Crippen molar-refractivity contribution < 1.29 is 13.6 Å². The fourth-order valence-corrected chi connectivity index (χ4v) is 2.32. The van der Waals surface area contributed by atoms with Gasteiger partial charge in [-0.3, -0.25) is 0 Å². The van der Waals surface area contributed by atoms with E-state index in [0.29, 0.717) is 12.8 Å². The van der Waals surface area contributed by atoms with Crippen LogP contribution < -0.4 is 0 Å². The number of nitrogens with zero attached hydrogens (tertiary/aromatic N) is 1. The van der Waals surface area contributed by atoms with Gasteiger partial charge in [-0.05, 0) is 42.9 Å². The quantitative estimate of drug-likeness (QED) is 0.593. The van der Waals surface area contributed by atoms with Gasteiger partial charge < -0.3 is 0 Å². The van der Waals surface area contributed by atoms with E-state index in [-0.39, 0.29) is 11.5 Å². The molecule has 0 aliphatic heterocycles. The van der Waals surface area contributed by atoms with Gasteiger partial charge in [0.05, 0.1) is 0 Å². The fraction of sp³-hybridized carbons (Fsp3) is 0.500. The summed E-state index contributed by atoms with van der Waals surface area (Å²) in [6.07, 6.45) is 3.49. The molecular weight excluding hydrogens is 236 g/mol. The van der Waals surface area contributed by atoms with Gasteiger partial charge in [-0.2, -0.15) is 4.99 Å². The Morgan fingerprint density at radius 1 is 1.33 bits per heavy atom. The number of halogens is 2. The predicted molar refractivity (Wildman–Crippen MR) is 64.1 cm³/mol. The van der Waals surface area contributed by atoms with E-state index in [0.717, 1.165) is 12.0 Å². The van der Waals surface area contributed by atoms with E-state index >= 15 is 0 Å². The molecule has 1 aromatic rings. The van der Waals surface area contributed by atoms with Crippen molar-refractivity contribution in [3.8, 4) is 0 Å². The van der Waals surface area contributed by atoms with E-state index in [1.54, 1.807) is 6.07 Å². The SMILES string of the molecule is CC(C)c1cc(F)c(F)c(C2(N=C=O)CCC2)c1. The van der Waals surface area contributed by atoms with Crippen LogP contribution in [0.25, 0.3) is 0 Å². The lowest BCUT2D eigenvalue weighted by Crippen LogP contribution is -2.33. The molecule has 0 amide bonds. The van der Waals surface area contributed by atoms with Crippen LogP contribution in [0, 0.1) is 11.6 Å². The van der Waals surface area contributed by atoms with Crippen molar-refractivity contribution in [2.75, 3.05) is 0 Å². The van der Waals surface area contributed by atoms with E-state index in [2.05, 4.69) is 4.99 Å². The third-order valence-electron chi connectivity index (χ3n) is 3.66. The van der Waals surface area contributed by atoms with Crippen LogP contribution in [0.15, 0.2) is 17.1 Å². The second-order valence-electron chi connectivity index (χ2n) is 5.11. The first-order chi connectivity index (χ1) is 8.50. The van der Waals surface area contributed by atoms with Gasteiger partial charge in [0.2, 0.25) is 6.08 Å². The number of carbonyl (C=O) groups excluding carboxylic acids is 1. The topological polar surface area (TPSA) is 29.4 Å². The van der Waals surface area contributed by atoms with E-state index in [1.165, 1.54) is 12.1 Å². The molecule has 18 heavy (non-hydrogen) atoms. The number of rotatable bonds is 3. The number of benzene rings is 1. The summed E-state index contributed by atoms with van der Waals surface area (Å²) in [6.45, 7) is 3.82. The Bertz CT molecular complexity index is 515. The van der Waals surface area contributed by atoms with Gasteiger partial charge in [0, 0.05) is 5.56 Å². The summed E-state index contributed by atoms with van der Waals surface area (Å²) in [6, 6.07) is 2.84. The summed E-state index contributed by atoms with van der Waals surface area (Å²) >= 11 is 0. The van der Waals surface area contributed by atoms with E-state index in [4.69, 9.17) is 0 Å². The van der Waals surface area contributed by atoms with Gasteiger partial charge >= 0.3 is 0 Å². The van der Waals surface area contributed by atoms with Crippen LogP contribution in [-0.2, 0) is 10.3 Å². The monoisotopic (exact) mass is 251 g/mol. The Balaban J connectivity index is 2.58. The molecule has 1 saturated carbocycles. The highest BCUT2D eigenvalue weighted by Gasteiger charge is 2.42. The van der Waals surface area contributed by atoms with E-state index < -0.39 is 17.2 Å². The molecule has 0 radical (unpaired) electrons. The average Bonchev–Trinajstić information content (AvgIpc) is 2.27. The van der Waals surface area contributed by atoms with Crippen LogP contribution in [-0.4, -0.2) is 6.08 Å². The molecule has 0 N–H and O–H groups in total. The molecule has 4 heteroatoms. The van der Waals surface area contributed by atoms with Crippen molar-refractivity contribution in [3.05, 3.63) is 34.9 Å². The van der Waals surface area contributed by atoms with Gasteiger partial charge in [-0.25, -0.2) is 13.6 Å². The van der Waals surface area contributed by atoms with Crippen molar-refractivity contribution in [1.29, 1.82) is 0 Å². The largest absolute Gasteiger partial charge is 0.235 e. The first kappa shape index (κ1) is 12.9. The summed E-state index contributed by atoms with van der Waals surface area (Å²) in [7, 11) is 0. The third-order valence-corrected chi connectivity index (χ3v) is 3.66. The van der Waals surface area contributed by atoms with Crippen LogP contribution >= 0.6 is 0 Å². The minimum atomic E-state index is -0.891. The Labute approximate surface area is 105 Å². The zero-order valence-corrected chi connectivity index (χ0v) is 10.5. The molecule has 0 unspecified atom stereocenters. The lowest BCUT2D eigenvalue weighted by molar-refractivity contribution is 0.244. The van der Waals surface area contributed by atoms with Crippen LogP contribution in [0.3, 0.4) is 0 Å². The summed E-state index contributed by atoms with van der Waals surface area (Å²) < 4.78 is 27.5. The van der Waals surface area contributed by atoms with Crippen molar-refractivity contribution in [2.45, 2.75) is 44.6 Å². The Morgan fingerprint density at radius 2 is 2.00 bits per heavy atom. The molecule has 0 spiro atoms. The molecule has 2 nitrogen and oxygen atoms in total. The summed E-state index contributed by atoms with van der Waals surface area (Å²) in [5.74, 6) is -1.67. The van der Waals surface area contributed by atoms with Gasteiger partial charge in [0.15, 0.2) is 11.6 Å². The minimum Gasteiger partial charge on any atom is -0.211 e. The first-order valence-electron chi connectivity index (χ1n) is 6.08. The fourth-order valence-electron chi connectivity index (χ4n) is 2.32. The lowest BCUT2D eigenvalue weighted by atomic mass is 9.71. The standard InChI is InChI=1S/C14H15F2NO/c1-9(2)10-6-11(13(16)12(15)7-10)14(17-8-18)4-3-5-14/h6-7,9H,3-5H2,1-2H3. The molecule has 0 aromatic heterocycles. The highest BCUT2D eigenvalue weighted by molar-refractivity contribution is 5.41. The van der Waals surface area contributed by atoms with Crippen molar-refractivity contribution in [1.82, 2.24) is 0 Å².